The zero-order valence-corrected chi connectivity index (χ0v) is 12.8. The molecule has 1 unspecified atom stereocenters. The molecule has 3 N–H and O–H groups in total. The van der Waals surface area contributed by atoms with Crippen molar-refractivity contribution in [2.24, 2.45) is 11.7 Å². The molecule has 0 aliphatic rings. The van der Waals surface area contributed by atoms with Gasteiger partial charge in [0.05, 0.1) is 0 Å². The first kappa shape index (κ1) is 17.9. The highest BCUT2D eigenvalue weighted by Gasteiger charge is 1.98. The number of unbranched alkanes of at least 4 members (excludes halogenated alkanes) is 7. The maximum Gasteiger partial charge on any atom is -0.00232 e. The van der Waals surface area contributed by atoms with Gasteiger partial charge in [-0.3, -0.25) is 0 Å². The number of nitrogens with one attached hydrogen (secondary N) is 1. The molecule has 0 rings (SSSR count). The van der Waals surface area contributed by atoms with Crippen LogP contribution in [-0.2, 0) is 0 Å². The van der Waals surface area contributed by atoms with Crippen LogP contribution in [0.3, 0.4) is 0 Å². The molecule has 0 aliphatic carbocycles. The highest BCUT2D eigenvalue weighted by molar-refractivity contribution is 4.56. The minimum Gasteiger partial charge on any atom is -0.330 e. The molecule has 0 saturated carbocycles. The van der Waals surface area contributed by atoms with Crippen LogP contribution in [0, 0.1) is 5.92 Å². The third kappa shape index (κ3) is 14.0. The molecule has 0 aromatic carbocycles. The Balaban J connectivity index is 2.98. The summed E-state index contributed by atoms with van der Waals surface area (Å²) in [4.78, 5) is 0. The molecule has 2 heteroatoms. The van der Waals surface area contributed by atoms with Crippen LogP contribution in [-0.4, -0.2) is 19.6 Å². The molecule has 1 atom stereocenters. The summed E-state index contributed by atoms with van der Waals surface area (Å²) >= 11 is 0. The van der Waals surface area contributed by atoms with E-state index >= 15 is 0 Å². The molecule has 110 valence electrons. The third-order valence-electron chi connectivity index (χ3n) is 3.58. The quantitative estimate of drug-likeness (QED) is 0.459. The van der Waals surface area contributed by atoms with Crippen molar-refractivity contribution in [2.75, 3.05) is 19.6 Å². The van der Waals surface area contributed by atoms with Crippen LogP contribution < -0.4 is 11.1 Å². The van der Waals surface area contributed by atoms with Crippen LogP contribution in [0.25, 0.3) is 0 Å². The van der Waals surface area contributed by atoms with Gasteiger partial charge in [0.25, 0.3) is 0 Å². The normalized spacial score (nSPS) is 12.8. The highest BCUT2D eigenvalue weighted by atomic mass is 14.8. The topological polar surface area (TPSA) is 38.0 Å². The lowest BCUT2D eigenvalue weighted by molar-refractivity contribution is 0.466. The summed E-state index contributed by atoms with van der Waals surface area (Å²) in [6.07, 6.45) is 13.6. The summed E-state index contributed by atoms with van der Waals surface area (Å²) in [7, 11) is 0. The van der Waals surface area contributed by atoms with Gasteiger partial charge in [0.15, 0.2) is 0 Å². The van der Waals surface area contributed by atoms with E-state index in [1.54, 1.807) is 0 Å². The molecule has 0 aromatic heterocycles. The van der Waals surface area contributed by atoms with E-state index in [9.17, 15) is 0 Å². The monoisotopic (exact) mass is 256 g/mol. The third-order valence-corrected chi connectivity index (χ3v) is 3.58. The maximum absolute atomic E-state index is 5.47. The zero-order chi connectivity index (χ0) is 13.5. The molecular weight excluding hydrogens is 220 g/mol. The fraction of sp³-hybridized carbons (Fsp3) is 1.00. The van der Waals surface area contributed by atoms with Crippen molar-refractivity contribution in [3.8, 4) is 0 Å². The summed E-state index contributed by atoms with van der Waals surface area (Å²) in [5.74, 6) is 0.845. The molecule has 0 amide bonds. The van der Waals surface area contributed by atoms with Gasteiger partial charge in [-0.05, 0) is 44.8 Å². The van der Waals surface area contributed by atoms with Gasteiger partial charge in [0, 0.05) is 0 Å². The summed E-state index contributed by atoms with van der Waals surface area (Å²) < 4.78 is 0. The van der Waals surface area contributed by atoms with Gasteiger partial charge >= 0.3 is 0 Å². The Morgan fingerprint density at radius 2 is 1.44 bits per heavy atom. The largest absolute Gasteiger partial charge is 0.330 e. The second-order valence-corrected chi connectivity index (χ2v) is 5.72. The van der Waals surface area contributed by atoms with Gasteiger partial charge in [-0.25, -0.2) is 0 Å². The van der Waals surface area contributed by atoms with Gasteiger partial charge in [-0.1, -0.05) is 58.8 Å². The molecule has 2 nitrogen and oxygen atoms in total. The lowest BCUT2D eigenvalue weighted by atomic mass is 10.1. The number of hydrogen-bond acceptors (Lipinski definition) is 2. The van der Waals surface area contributed by atoms with Crippen LogP contribution in [0.5, 0.6) is 0 Å². The van der Waals surface area contributed by atoms with E-state index in [1.807, 2.05) is 0 Å². The Morgan fingerprint density at radius 1 is 0.889 bits per heavy atom. The molecule has 18 heavy (non-hydrogen) atoms. The van der Waals surface area contributed by atoms with Crippen LogP contribution in [0.2, 0.25) is 0 Å². The first-order valence-electron chi connectivity index (χ1n) is 8.22. The van der Waals surface area contributed by atoms with Crippen molar-refractivity contribution in [3.63, 3.8) is 0 Å². The van der Waals surface area contributed by atoms with Crippen LogP contribution >= 0.6 is 0 Å². The van der Waals surface area contributed by atoms with E-state index in [0.29, 0.717) is 0 Å². The SMILES string of the molecule is CCCC(C)CNCCCCCCCCCCN. The molecule has 0 spiro atoms. The average Bonchev–Trinajstić information content (AvgIpc) is 2.36. The van der Waals surface area contributed by atoms with Crippen LogP contribution in [0.15, 0.2) is 0 Å². The first-order chi connectivity index (χ1) is 8.81. The molecule has 0 heterocycles. The molecule has 0 saturated heterocycles. The Labute approximate surface area is 115 Å². The Morgan fingerprint density at radius 3 is 2.00 bits per heavy atom. The van der Waals surface area contributed by atoms with Crippen molar-refractivity contribution >= 4 is 0 Å². The van der Waals surface area contributed by atoms with Crippen molar-refractivity contribution < 1.29 is 0 Å². The van der Waals surface area contributed by atoms with Gasteiger partial charge in [-0.15, -0.1) is 0 Å². The van der Waals surface area contributed by atoms with Crippen LogP contribution in [0.1, 0.15) is 78.1 Å². The average molecular weight is 256 g/mol. The maximum atomic E-state index is 5.47. The number of rotatable bonds is 14. The van der Waals surface area contributed by atoms with Crippen molar-refractivity contribution in [1.82, 2.24) is 5.32 Å². The highest BCUT2D eigenvalue weighted by Crippen LogP contribution is 2.08. The molecule has 0 bridgehead atoms. The molecule has 0 fully saturated rings. The predicted octanol–water partition coefficient (Wildman–Crippen LogP) is 4.09. The van der Waals surface area contributed by atoms with Crippen molar-refractivity contribution in [3.05, 3.63) is 0 Å². The Hall–Kier alpha value is -0.0800. The van der Waals surface area contributed by atoms with Crippen molar-refractivity contribution in [2.45, 2.75) is 78.1 Å². The van der Waals surface area contributed by atoms with Gasteiger partial charge < -0.3 is 11.1 Å². The standard InChI is InChI=1S/C16H36N2/c1-3-12-16(2)15-18-14-11-9-7-5-4-6-8-10-13-17/h16,18H,3-15,17H2,1-2H3. The minimum absolute atomic E-state index is 0.845. The lowest BCUT2D eigenvalue weighted by Crippen LogP contribution is -2.22. The second-order valence-electron chi connectivity index (χ2n) is 5.72. The Bertz CT molecular complexity index is 148. The van der Waals surface area contributed by atoms with Crippen molar-refractivity contribution in [1.29, 1.82) is 0 Å². The van der Waals surface area contributed by atoms with Crippen LogP contribution in [0.4, 0.5) is 0 Å². The molecule has 0 aromatic rings. The minimum atomic E-state index is 0.845. The van der Waals surface area contributed by atoms with E-state index in [0.717, 1.165) is 12.5 Å². The van der Waals surface area contributed by atoms with E-state index in [4.69, 9.17) is 5.73 Å². The number of hydrogen-bond donors (Lipinski definition) is 2. The van der Waals surface area contributed by atoms with E-state index in [1.165, 1.54) is 77.3 Å². The Kier molecular flexibility index (Phi) is 14.9. The van der Waals surface area contributed by atoms with Gasteiger partial charge in [0.1, 0.15) is 0 Å². The summed E-state index contributed by atoms with van der Waals surface area (Å²) in [6.45, 7) is 7.89. The fourth-order valence-corrected chi connectivity index (χ4v) is 2.40. The smallest absolute Gasteiger partial charge is 0.00232 e. The zero-order valence-electron chi connectivity index (χ0n) is 12.8. The molecular formula is C16H36N2. The van der Waals surface area contributed by atoms with Gasteiger partial charge in [0.2, 0.25) is 0 Å². The van der Waals surface area contributed by atoms with E-state index in [2.05, 4.69) is 19.2 Å². The fourth-order valence-electron chi connectivity index (χ4n) is 2.40. The summed E-state index contributed by atoms with van der Waals surface area (Å²) in [5.41, 5.74) is 5.47. The second kappa shape index (κ2) is 15.0. The lowest BCUT2D eigenvalue weighted by Gasteiger charge is -2.11. The van der Waals surface area contributed by atoms with Gasteiger partial charge in [-0.2, -0.15) is 0 Å². The molecule has 0 aliphatic heterocycles. The predicted molar refractivity (Wildman–Crippen MR) is 82.9 cm³/mol. The molecule has 0 radical (unpaired) electrons. The first-order valence-corrected chi connectivity index (χ1v) is 8.22. The summed E-state index contributed by atoms with van der Waals surface area (Å²) in [6, 6.07) is 0. The summed E-state index contributed by atoms with van der Waals surface area (Å²) in [5, 5.41) is 3.57. The number of nitrogens with two attached hydrogens (primary N) is 1. The van der Waals surface area contributed by atoms with E-state index in [-0.39, 0.29) is 0 Å². The van der Waals surface area contributed by atoms with E-state index < -0.39 is 0 Å².